The number of rotatable bonds is 6. The molecule has 2 rings (SSSR count). The van der Waals surface area contributed by atoms with Crippen LogP contribution in [0.25, 0.3) is 11.4 Å². The van der Waals surface area contributed by atoms with E-state index in [1.54, 1.807) is 0 Å². The van der Waals surface area contributed by atoms with Crippen molar-refractivity contribution in [3.8, 4) is 11.4 Å². The summed E-state index contributed by atoms with van der Waals surface area (Å²) in [5.41, 5.74) is 9.25. The second kappa shape index (κ2) is 6.68. The largest absolute Gasteiger partial charge is 0.342 e. The van der Waals surface area contributed by atoms with Gasteiger partial charge in [0, 0.05) is 17.8 Å². The molecule has 0 amide bonds. The molecular weight excluding hydrogens is 248 g/mol. The average molecular weight is 272 g/mol. The van der Waals surface area contributed by atoms with E-state index in [0.29, 0.717) is 6.54 Å². The summed E-state index contributed by atoms with van der Waals surface area (Å²) in [4.78, 5) is 10.5. The Hall–Kier alpha value is -1.65. The molecule has 20 heavy (non-hydrogen) atoms. The number of aromatic nitrogens is 2. The van der Waals surface area contributed by atoms with Crippen molar-refractivity contribution < 1.29 is 0 Å². The maximum atomic E-state index is 5.98. The van der Waals surface area contributed by atoms with E-state index in [0.717, 1.165) is 35.9 Å². The molecule has 108 valence electrons. The molecule has 0 spiro atoms. The van der Waals surface area contributed by atoms with Gasteiger partial charge in [0.05, 0.1) is 11.7 Å². The highest BCUT2D eigenvalue weighted by atomic mass is 15.2. The van der Waals surface area contributed by atoms with Crippen LogP contribution in [0.4, 0.5) is 0 Å². The quantitative estimate of drug-likeness (QED) is 0.850. The second-order valence-corrected chi connectivity index (χ2v) is 4.93. The zero-order valence-corrected chi connectivity index (χ0v) is 12.6. The highest BCUT2D eigenvalue weighted by Crippen LogP contribution is 2.24. The minimum atomic E-state index is 0.179. The molecule has 4 heteroatoms. The Labute approximate surface area is 121 Å². The van der Waals surface area contributed by atoms with Crippen LogP contribution < -0.4 is 5.73 Å². The summed E-state index contributed by atoms with van der Waals surface area (Å²) in [6.45, 7) is 8.93. The molecule has 3 N–H and O–H groups in total. The van der Waals surface area contributed by atoms with Crippen molar-refractivity contribution in [2.75, 3.05) is 19.6 Å². The summed E-state index contributed by atoms with van der Waals surface area (Å²) in [5, 5.41) is 0. The third kappa shape index (κ3) is 2.92. The molecule has 0 aliphatic rings. The van der Waals surface area contributed by atoms with Crippen molar-refractivity contribution >= 4 is 0 Å². The van der Waals surface area contributed by atoms with E-state index in [1.165, 1.54) is 0 Å². The Kier molecular flexibility index (Phi) is 4.93. The van der Waals surface area contributed by atoms with Gasteiger partial charge >= 0.3 is 0 Å². The van der Waals surface area contributed by atoms with Gasteiger partial charge in [0.15, 0.2) is 0 Å². The van der Waals surface area contributed by atoms with Gasteiger partial charge in [-0.05, 0) is 20.0 Å². The first-order valence-corrected chi connectivity index (χ1v) is 7.27. The van der Waals surface area contributed by atoms with E-state index >= 15 is 0 Å². The second-order valence-electron chi connectivity index (χ2n) is 4.93. The molecule has 0 aliphatic heterocycles. The Morgan fingerprint density at radius 3 is 2.40 bits per heavy atom. The van der Waals surface area contributed by atoms with E-state index in [4.69, 9.17) is 10.7 Å². The zero-order valence-electron chi connectivity index (χ0n) is 12.6. The van der Waals surface area contributed by atoms with Gasteiger partial charge in [-0.3, -0.25) is 4.90 Å². The Balaban J connectivity index is 2.35. The van der Waals surface area contributed by atoms with Crippen molar-refractivity contribution in [1.29, 1.82) is 0 Å². The van der Waals surface area contributed by atoms with E-state index < -0.39 is 0 Å². The summed E-state index contributed by atoms with van der Waals surface area (Å²) in [7, 11) is 0. The average Bonchev–Trinajstić information content (AvgIpc) is 2.87. The van der Waals surface area contributed by atoms with Crippen LogP contribution in [-0.2, 0) is 0 Å². The van der Waals surface area contributed by atoms with Gasteiger partial charge in [0.25, 0.3) is 0 Å². The maximum Gasteiger partial charge on any atom is 0.137 e. The Bertz CT molecular complexity index is 529. The molecular formula is C16H24N4. The number of imidazole rings is 1. The van der Waals surface area contributed by atoms with Crippen LogP contribution in [0.1, 0.15) is 31.3 Å². The van der Waals surface area contributed by atoms with E-state index in [9.17, 15) is 0 Å². The van der Waals surface area contributed by atoms with Crippen molar-refractivity contribution in [3.05, 3.63) is 41.7 Å². The number of hydrogen-bond acceptors (Lipinski definition) is 3. The van der Waals surface area contributed by atoms with Gasteiger partial charge in [0.1, 0.15) is 5.82 Å². The molecule has 0 fully saturated rings. The van der Waals surface area contributed by atoms with E-state index in [1.807, 2.05) is 18.2 Å². The first-order valence-electron chi connectivity index (χ1n) is 7.27. The molecule has 0 bridgehead atoms. The highest BCUT2D eigenvalue weighted by molar-refractivity contribution is 5.55. The van der Waals surface area contributed by atoms with Crippen molar-refractivity contribution in [3.63, 3.8) is 0 Å². The lowest BCUT2D eigenvalue weighted by molar-refractivity contribution is 0.220. The fraction of sp³-hybridized carbons (Fsp3) is 0.438. The number of aryl methyl sites for hydroxylation is 1. The van der Waals surface area contributed by atoms with Crippen LogP contribution >= 0.6 is 0 Å². The van der Waals surface area contributed by atoms with Gasteiger partial charge in [-0.1, -0.05) is 44.2 Å². The monoisotopic (exact) mass is 272 g/mol. The van der Waals surface area contributed by atoms with Crippen LogP contribution in [0.5, 0.6) is 0 Å². The van der Waals surface area contributed by atoms with Gasteiger partial charge in [0.2, 0.25) is 0 Å². The number of nitrogens with zero attached hydrogens (tertiary/aromatic N) is 2. The standard InChI is InChI=1S/C16H24N4/c1-4-20(5-2)14(11-17)15-12(3)18-16(19-15)13-9-7-6-8-10-13/h6-10,14H,4-5,11,17H2,1-3H3,(H,18,19). The molecule has 0 saturated carbocycles. The fourth-order valence-corrected chi connectivity index (χ4v) is 2.63. The fourth-order valence-electron chi connectivity index (χ4n) is 2.63. The summed E-state index contributed by atoms with van der Waals surface area (Å²) in [6, 6.07) is 10.4. The van der Waals surface area contributed by atoms with Gasteiger partial charge in [-0.15, -0.1) is 0 Å². The summed E-state index contributed by atoms with van der Waals surface area (Å²) < 4.78 is 0. The smallest absolute Gasteiger partial charge is 0.137 e. The van der Waals surface area contributed by atoms with Crippen LogP contribution in [0.15, 0.2) is 30.3 Å². The Morgan fingerprint density at radius 2 is 1.85 bits per heavy atom. The molecule has 2 aromatic rings. The first kappa shape index (κ1) is 14.8. The number of likely N-dealkylation sites (N-methyl/N-ethyl adjacent to an activating group) is 1. The first-order chi connectivity index (χ1) is 9.71. The zero-order chi connectivity index (χ0) is 14.5. The topological polar surface area (TPSA) is 57.9 Å². The van der Waals surface area contributed by atoms with E-state index in [2.05, 4.69) is 42.8 Å². The molecule has 1 aromatic carbocycles. The number of hydrogen-bond donors (Lipinski definition) is 2. The summed E-state index contributed by atoms with van der Waals surface area (Å²) >= 11 is 0. The SMILES string of the molecule is CCN(CC)C(CN)c1nc(-c2ccccc2)[nH]c1C. The van der Waals surface area contributed by atoms with Crippen LogP contribution in [0, 0.1) is 6.92 Å². The highest BCUT2D eigenvalue weighted by Gasteiger charge is 2.22. The van der Waals surface area contributed by atoms with Gasteiger partial charge in [-0.25, -0.2) is 4.98 Å². The molecule has 0 saturated heterocycles. The number of aromatic amines is 1. The number of H-pyrrole nitrogens is 1. The number of nitrogens with two attached hydrogens (primary N) is 1. The normalized spacial score (nSPS) is 12.8. The van der Waals surface area contributed by atoms with Crippen molar-refractivity contribution in [1.82, 2.24) is 14.9 Å². The molecule has 0 aliphatic carbocycles. The molecule has 4 nitrogen and oxygen atoms in total. The van der Waals surface area contributed by atoms with Crippen LogP contribution in [0.2, 0.25) is 0 Å². The van der Waals surface area contributed by atoms with Crippen LogP contribution in [0.3, 0.4) is 0 Å². The lowest BCUT2D eigenvalue weighted by Gasteiger charge is -2.27. The molecule has 0 radical (unpaired) electrons. The summed E-state index contributed by atoms with van der Waals surface area (Å²) in [6.07, 6.45) is 0. The van der Waals surface area contributed by atoms with Crippen LogP contribution in [-0.4, -0.2) is 34.5 Å². The van der Waals surface area contributed by atoms with Crippen molar-refractivity contribution in [2.24, 2.45) is 5.73 Å². The van der Waals surface area contributed by atoms with Gasteiger partial charge < -0.3 is 10.7 Å². The number of benzene rings is 1. The molecule has 1 atom stereocenters. The Morgan fingerprint density at radius 1 is 1.20 bits per heavy atom. The van der Waals surface area contributed by atoms with Gasteiger partial charge in [-0.2, -0.15) is 0 Å². The number of nitrogens with one attached hydrogen (secondary N) is 1. The molecule has 1 aromatic heterocycles. The predicted octanol–water partition coefficient (Wildman–Crippen LogP) is 2.73. The maximum absolute atomic E-state index is 5.98. The van der Waals surface area contributed by atoms with Crippen molar-refractivity contribution in [2.45, 2.75) is 26.8 Å². The minimum Gasteiger partial charge on any atom is -0.342 e. The molecule has 1 unspecified atom stereocenters. The third-order valence-electron chi connectivity index (χ3n) is 3.76. The summed E-state index contributed by atoms with van der Waals surface area (Å²) in [5.74, 6) is 0.920. The molecule has 1 heterocycles. The van der Waals surface area contributed by atoms with E-state index in [-0.39, 0.29) is 6.04 Å². The lowest BCUT2D eigenvalue weighted by Crippen LogP contribution is -2.34. The predicted molar refractivity (Wildman–Crippen MR) is 83.5 cm³/mol. The third-order valence-corrected chi connectivity index (χ3v) is 3.76. The lowest BCUT2D eigenvalue weighted by atomic mass is 10.1. The minimum absolute atomic E-state index is 0.179.